The quantitative estimate of drug-likeness (QED) is 0.312. The molecule has 6 rings (SSSR count). The summed E-state index contributed by atoms with van der Waals surface area (Å²) in [5, 5.41) is 0. The van der Waals surface area contributed by atoms with Gasteiger partial charge in [-0.25, -0.2) is 0 Å². The van der Waals surface area contributed by atoms with Crippen molar-refractivity contribution in [3.8, 4) is 33.8 Å². The van der Waals surface area contributed by atoms with E-state index in [2.05, 4.69) is 113 Å². The molecule has 0 unspecified atom stereocenters. The van der Waals surface area contributed by atoms with Crippen LogP contribution in [0.25, 0.3) is 22.3 Å². The molecule has 1 heteroatoms. The van der Waals surface area contributed by atoms with Crippen LogP contribution in [0.1, 0.15) is 49.9 Å². The lowest BCUT2D eigenvalue weighted by atomic mass is 9.74. The molecule has 4 aromatic rings. The van der Waals surface area contributed by atoms with Gasteiger partial charge in [-0.15, -0.1) is 0 Å². The normalized spacial score (nSPS) is 16.5. The molecule has 0 N–H and O–H groups in total. The average molecular weight is 403 g/mol. The largest absolute Gasteiger partial charge is 0.456 e. The molecule has 1 aliphatic carbocycles. The van der Waals surface area contributed by atoms with Crippen LogP contribution in [0.5, 0.6) is 11.5 Å². The van der Waals surface area contributed by atoms with E-state index in [-0.39, 0.29) is 10.8 Å². The lowest BCUT2D eigenvalue weighted by molar-refractivity contribution is 0.419. The van der Waals surface area contributed by atoms with Gasteiger partial charge in [-0.3, -0.25) is 0 Å². The second-order valence-electron chi connectivity index (χ2n) is 9.84. The van der Waals surface area contributed by atoms with Crippen molar-refractivity contribution in [2.45, 2.75) is 38.5 Å². The fraction of sp³-hybridized carbons (Fsp3) is 0.200. The number of rotatable bonds is 1. The number of para-hydroxylation sites is 2. The van der Waals surface area contributed by atoms with Crippen molar-refractivity contribution in [2.75, 3.05) is 0 Å². The smallest absolute Gasteiger partial charge is 0.139 e. The summed E-state index contributed by atoms with van der Waals surface area (Å²) in [5.41, 5.74) is 10.3. The van der Waals surface area contributed by atoms with Gasteiger partial charge in [-0.2, -0.15) is 0 Å². The highest BCUT2D eigenvalue weighted by atomic mass is 16.5. The van der Waals surface area contributed by atoms with Gasteiger partial charge in [0.1, 0.15) is 11.5 Å². The maximum absolute atomic E-state index is 6.53. The van der Waals surface area contributed by atoms with Gasteiger partial charge in [-0.05, 0) is 39.9 Å². The van der Waals surface area contributed by atoms with Crippen molar-refractivity contribution in [1.29, 1.82) is 0 Å². The minimum Gasteiger partial charge on any atom is -0.456 e. The van der Waals surface area contributed by atoms with Gasteiger partial charge in [0.2, 0.25) is 0 Å². The summed E-state index contributed by atoms with van der Waals surface area (Å²) in [6.45, 7) is 9.23. The second-order valence-corrected chi connectivity index (χ2v) is 9.84. The molecule has 0 fully saturated rings. The molecule has 1 heterocycles. The molecular weight excluding hydrogens is 376 g/mol. The van der Waals surface area contributed by atoms with Crippen LogP contribution >= 0.6 is 0 Å². The molecular formula is C30H26O. The van der Waals surface area contributed by atoms with E-state index in [1.165, 1.54) is 38.9 Å². The van der Waals surface area contributed by atoms with E-state index in [0.717, 1.165) is 17.1 Å². The Morgan fingerprint density at radius 3 is 1.97 bits per heavy atom. The monoisotopic (exact) mass is 402 g/mol. The highest BCUT2D eigenvalue weighted by molar-refractivity contribution is 5.86. The summed E-state index contributed by atoms with van der Waals surface area (Å²) in [6.07, 6.45) is 0. The lowest BCUT2D eigenvalue weighted by Gasteiger charge is -2.35. The summed E-state index contributed by atoms with van der Waals surface area (Å²) < 4.78 is 6.53. The van der Waals surface area contributed by atoms with Crippen LogP contribution in [0.4, 0.5) is 0 Å². The fourth-order valence-electron chi connectivity index (χ4n) is 5.58. The van der Waals surface area contributed by atoms with Crippen LogP contribution in [0.15, 0.2) is 84.9 Å². The van der Waals surface area contributed by atoms with E-state index in [1.807, 2.05) is 0 Å². The van der Waals surface area contributed by atoms with Gasteiger partial charge >= 0.3 is 0 Å². The first-order valence-electron chi connectivity index (χ1n) is 11.0. The Labute approximate surface area is 184 Å². The molecule has 0 bridgehead atoms. The number of fused-ring (bicyclic) bond motifs is 5. The number of hydrogen-bond acceptors (Lipinski definition) is 1. The van der Waals surface area contributed by atoms with Crippen molar-refractivity contribution in [3.05, 3.63) is 107 Å². The first kappa shape index (κ1) is 18.4. The Hall–Kier alpha value is -3.32. The van der Waals surface area contributed by atoms with Gasteiger partial charge in [-0.1, -0.05) is 100 Å². The highest BCUT2D eigenvalue weighted by Crippen LogP contribution is 2.53. The molecule has 0 saturated heterocycles. The van der Waals surface area contributed by atoms with Gasteiger partial charge in [0.05, 0.1) is 0 Å². The van der Waals surface area contributed by atoms with Crippen molar-refractivity contribution in [3.63, 3.8) is 0 Å². The summed E-state index contributed by atoms with van der Waals surface area (Å²) >= 11 is 0. The van der Waals surface area contributed by atoms with E-state index in [1.54, 1.807) is 0 Å². The first-order valence-corrected chi connectivity index (χ1v) is 11.0. The van der Waals surface area contributed by atoms with Crippen LogP contribution in [0.2, 0.25) is 0 Å². The zero-order chi connectivity index (χ0) is 21.4. The first-order chi connectivity index (χ1) is 14.9. The van der Waals surface area contributed by atoms with Gasteiger partial charge in [0.15, 0.2) is 0 Å². The molecule has 152 valence electrons. The third-order valence-corrected chi connectivity index (χ3v) is 7.36. The number of hydrogen-bond donors (Lipinski definition) is 0. The van der Waals surface area contributed by atoms with Crippen LogP contribution in [-0.4, -0.2) is 0 Å². The number of ether oxygens (including phenoxy) is 1. The van der Waals surface area contributed by atoms with Crippen molar-refractivity contribution < 1.29 is 4.74 Å². The van der Waals surface area contributed by atoms with Gasteiger partial charge in [0.25, 0.3) is 0 Å². The summed E-state index contributed by atoms with van der Waals surface area (Å²) in [6, 6.07) is 30.7. The molecule has 0 atom stereocenters. The van der Waals surface area contributed by atoms with E-state index in [9.17, 15) is 0 Å². The van der Waals surface area contributed by atoms with Crippen LogP contribution < -0.4 is 4.74 Å². The Balaban J connectivity index is 1.56. The Morgan fingerprint density at radius 1 is 0.516 bits per heavy atom. The molecule has 0 spiro atoms. The standard InChI is InChI=1S/C30H26O/c1-29(2)23-12-6-5-10-21(23)22-18-19(16-17-24(22)29)20-11-9-14-26-28(20)31-27-15-8-7-13-25(27)30(26,3)4/h5-18H,1-4H3. The van der Waals surface area contributed by atoms with Crippen LogP contribution in [0.3, 0.4) is 0 Å². The molecule has 31 heavy (non-hydrogen) atoms. The highest BCUT2D eigenvalue weighted by Gasteiger charge is 2.37. The lowest BCUT2D eigenvalue weighted by Crippen LogP contribution is -2.24. The third-order valence-electron chi connectivity index (χ3n) is 7.36. The minimum atomic E-state index is -0.106. The predicted molar refractivity (Wildman–Crippen MR) is 128 cm³/mol. The van der Waals surface area contributed by atoms with E-state index in [4.69, 9.17) is 4.74 Å². The maximum Gasteiger partial charge on any atom is 0.139 e. The molecule has 4 aromatic carbocycles. The molecule has 1 aliphatic heterocycles. The van der Waals surface area contributed by atoms with E-state index < -0.39 is 0 Å². The van der Waals surface area contributed by atoms with Crippen molar-refractivity contribution in [1.82, 2.24) is 0 Å². The Morgan fingerprint density at radius 2 is 1.13 bits per heavy atom. The summed E-state index contributed by atoms with van der Waals surface area (Å²) in [7, 11) is 0. The van der Waals surface area contributed by atoms with Crippen molar-refractivity contribution >= 4 is 0 Å². The fourth-order valence-corrected chi connectivity index (χ4v) is 5.58. The summed E-state index contributed by atoms with van der Waals surface area (Å²) in [4.78, 5) is 0. The zero-order valence-electron chi connectivity index (χ0n) is 18.5. The van der Waals surface area contributed by atoms with E-state index in [0.29, 0.717) is 0 Å². The van der Waals surface area contributed by atoms with E-state index >= 15 is 0 Å². The van der Waals surface area contributed by atoms with Crippen LogP contribution in [0, 0.1) is 0 Å². The van der Waals surface area contributed by atoms with Crippen LogP contribution in [-0.2, 0) is 10.8 Å². The SMILES string of the molecule is CC1(C)c2ccccc2-c2cc(-c3cccc4c3Oc3ccccc3C4(C)C)ccc21. The zero-order valence-corrected chi connectivity index (χ0v) is 18.5. The average Bonchev–Trinajstić information content (AvgIpc) is 3.01. The maximum atomic E-state index is 6.53. The Kier molecular flexibility index (Phi) is 3.63. The molecule has 0 saturated carbocycles. The molecule has 2 aliphatic rings. The third kappa shape index (κ3) is 2.44. The molecule has 0 radical (unpaired) electrons. The van der Waals surface area contributed by atoms with Crippen molar-refractivity contribution in [2.24, 2.45) is 0 Å². The molecule has 0 aromatic heterocycles. The topological polar surface area (TPSA) is 9.23 Å². The van der Waals surface area contributed by atoms with Gasteiger partial charge in [0, 0.05) is 27.5 Å². The molecule has 1 nitrogen and oxygen atoms in total. The Bertz CT molecular complexity index is 1360. The summed E-state index contributed by atoms with van der Waals surface area (Å²) in [5.74, 6) is 1.94. The minimum absolute atomic E-state index is 0.0258. The van der Waals surface area contributed by atoms with Gasteiger partial charge < -0.3 is 4.74 Å². The predicted octanol–water partition coefficient (Wildman–Crippen LogP) is 8.09. The second kappa shape index (κ2) is 6.11. The molecule has 0 amide bonds. The number of benzene rings is 4.